The van der Waals surface area contributed by atoms with Gasteiger partial charge in [-0.1, -0.05) is 6.07 Å². The average Bonchev–Trinajstić information content (AvgIpc) is 2.28. The van der Waals surface area contributed by atoms with Crippen LogP contribution < -0.4 is 0 Å². The number of hydrogen-bond acceptors (Lipinski definition) is 2. The van der Waals surface area contributed by atoms with E-state index in [0.29, 0.717) is 23.9 Å². The van der Waals surface area contributed by atoms with Gasteiger partial charge in [-0.05, 0) is 34.5 Å². The van der Waals surface area contributed by atoms with Gasteiger partial charge in [0.1, 0.15) is 5.82 Å². The molecule has 0 spiro atoms. The molecule has 1 aromatic rings. The van der Waals surface area contributed by atoms with Gasteiger partial charge in [0.05, 0.1) is 12.1 Å². The molecule has 90 valence electrons. The lowest BCUT2D eigenvalue weighted by Gasteiger charge is -2.26. The fourth-order valence-electron chi connectivity index (χ4n) is 1.87. The molecule has 17 heavy (non-hydrogen) atoms. The van der Waals surface area contributed by atoms with Crippen LogP contribution in [-0.4, -0.2) is 29.7 Å². The minimum absolute atomic E-state index is 0.00204. The Morgan fingerprint density at radius 1 is 1.41 bits per heavy atom. The van der Waals surface area contributed by atoms with Crippen molar-refractivity contribution in [2.75, 3.05) is 13.1 Å². The number of amides is 1. The Kier molecular flexibility index (Phi) is 3.57. The van der Waals surface area contributed by atoms with Crippen molar-refractivity contribution < 1.29 is 14.0 Å². The summed E-state index contributed by atoms with van der Waals surface area (Å²) >= 11 is 3.16. The summed E-state index contributed by atoms with van der Waals surface area (Å²) in [4.78, 5) is 24.8. The minimum atomic E-state index is -0.567. The van der Waals surface area contributed by atoms with E-state index >= 15 is 0 Å². The molecule has 2 rings (SSSR count). The first kappa shape index (κ1) is 12.2. The molecule has 1 fully saturated rings. The number of benzene rings is 1. The monoisotopic (exact) mass is 299 g/mol. The average molecular weight is 300 g/mol. The van der Waals surface area contributed by atoms with Crippen LogP contribution in [0.4, 0.5) is 4.39 Å². The summed E-state index contributed by atoms with van der Waals surface area (Å²) in [5.74, 6) is -0.970. The second-order valence-corrected chi connectivity index (χ2v) is 4.82. The molecular formula is C12H11BrFNO2. The van der Waals surface area contributed by atoms with Crippen LogP contribution >= 0.6 is 15.9 Å². The molecule has 0 radical (unpaired) electrons. The lowest BCUT2D eigenvalue weighted by atomic mass is 10.1. The number of rotatable bonds is 1. The van der Waals surface area contributed by atoms with E-state index in [1.54, 1.807) is 6.07 Å². The number of halogens is 2. The second kappa shape index (κ2) is 4.96. The lowest BCUT2D eigenvalue weighted by molar-refractivity contribution is -0.121. The zero-order valence-corrected chi connectivity index (χ0v) is 10.7. The van der Waals surface area contributed by atoms with Gasteiger partial charge in [0.25, 0.3) is 5.91 Å². The standard InChI is InChI=1S/C12H11BrFNO2/c13-9-4-1-5-10(14)11(9)12(17)15-6-2-3-8(16)7-15/h1,4-5H,2-3,6-7H2. The first-order valence-corrected chi connectivity index (χ1v) is 6.14. The number of ketones is 1. The number of nitrogens with zero attached hydrogens (tertiary/aromatic N) is 1. The van der Waals surface area contributed by atoms with Crippen LogP contribution in [0.2, 0.25) is 0 Å². The number of carbonyl (C=O) groups excluding carboxylic acids is 2. The van der Waals surface area contributed by atoms with E-state index < -0.39 is 11.7 Å². The number of Topliss-reactive ketones (excluding diaryl/α,β-unsaturated/α-hetero) is 1. The summed E-state index contributed by atoms with van der Waals surface area (Å²) in [5.41, 5.74) is 0.00204. The van der Waals surface area contributed by atoms with Crippen LogP contribution in [0, 0.1) is 5.82 Å². The Morgan fingerprint density at radius 3 is 2.82 bits per heavy atom. The zero-order valence-electron chi connectivity index (χ0n) is 9.08. The van der Waals surface area contributed by atoms with Crippen molar-refractivity contribution >= 4 is 27.6 Å². The molecule has 1 aromatic carbocycles. The largest absolute Gasteiger partial charge is 0.331 e. The highest BCUT2D eigenvalue weighted by Gasteiger charge is 2.25. The van der Waals surface area contributed by atoms with Crippen molar-refractivity contribution in [3.8, 4) is 0 Å². The molecule has 0 atom stereocenters. The quantitative estimate of drug-likeness (QED) is 0.798. The van der Waals surface area contributed by atoms with E-state index in [1.807, 2.05) is 0 Å². The normalized spacial score (nSPS) is 16.1. The van der Waals surface area contributed by atoms with Gasteiger partial charge >= 0.3 is 0 Å². The molecule has 0 aromatic heterocycles. The maximum Gasteiger partial charge on any atom is 0.258 e. The van der Waals surface area contributed by atoms with Crippen LogP contribution in [-0.2, 0) is 4.79 Å². The Bertz CT molecular complexity index is 455. The highest BCUT2D eigenvalue weighted by Crippen LogP contribution is 2.22. The van der Waals surface area contributed by atoms with Crippen molar-refractivity contribution in [2.45, 2.75) is 12.8 Å². The minimum Gasteiger partial charge on any atom is -0.331 e. The lowest BCUT2D eigenvalue weighted by Crippen LogP contribution is -2.40. The van der Waals surface area contributed by atoms with Crippen molar-refractivity contribution in [1.82, 2.24) is 4.90 Å². The zero-order chi connectivity index (χ0) is 12.4. The number of likely N-dealkylation sites (tertiary alicyclic amines) is 1. The fourth-order valence-corrected chi connectivity index (χ4v) is 2.38. The highest BCUT2D eigenvalue weighted by molar-refractivity contribution is 9.10. The first-order valence-electron chi connectivity index (χ1n) is 5.34. The maximum atomic E-state index is 13.6. The van der Waals surface area contributed by atoms with Gasteiger partial charge in [0, 0.05) is 17.4 Å². The summed E-state index contributed by atoms with van der Waals surface area (Å²) in [6.45, 7) is 0.588. The summed E-state index contributed by atoms with van der Waals surface area (Å²) in [6.07, 6.45) is 1.15. The van der Waals surface area contributed by atoms with Crippen LogP contribution in [0.3, 0.4) is 0 Å². The molecule has 0 saturated carbocycles. The Hall–Kier alpha value is -1.23. The SMILES string of the molecule is O=C1CCCN(C(=O)c2c(F)cccc2Br)C1. The Morgan fingerprint density at radius 2 is 2.18 bits per heavy atom. The van der Waals surface area contributed by atoms with Gasteiger partial charge in [-0.25, -0.2) is 4.39 Å². The topological polar surface area (TPSA) is 37.4 Å². The van der Waals surface area contributed by atoms with Crippen LogP contribution in [0.1, 0.15) is 23.2 Å². The smallest absolute Gasteiger partial charge is 0.258 e. The third-order valence-electron chi connectivity index (χ3n) is 2.71. The van der Waals surface area contributed by atoms with Gasteiger partial charge in [0.2, 0.25) is 0 Å². The van der Waals surface area contributed by atoms with E-state index in [2.05, 4.69) is 15.9 Å². The molecule has 1 saturated heterocycles. The van der Waals surface area contributed by atoms with Gasteiger partial charge in [-0.2, -0.15) is 0 Å². The third-order valence-corrected chi connectivity index (χ3v) is 3.38. The molecule has 1 amide bonds. The van der Waals surface area contributed by atoms with E-state index in [4.69, 9.17) is 0 Å². The van der Waals surface area contributed by atoms with Crippen molar-refractivity contribution in [1.29, 1.82) is 0 Å². The predicted molar refractivity (Wildman–Crippen MR) is 64.2 cm³/mol. The van der Waals surface area contributed by atoms with Gasteiger partial charge in [0.15, 0.2) is 5.78 Å². The molecule has 0 bridgehead atoms. The molecule has 1 aliphatic heterocycles. The maximum absolute atomic E-state index is 13.6. The van der Waals surface area contributed by atoms with E-state index in [1.165, 1.54) is 17.0 Å². The van der Waals surface area contributed by atoms with E-state index in [0.717, 1.165) is 0 Å². The molecule has 0 unspecified atom stereocenters. The predicted octanol–water partition coefficient (Wildman–Crippen LogP) is 2.39. The fraction of sp³-hybridized carbons (Fsp3) is 0.333. The van der Waals surface area contributed by atoms with Gasteiger partial charge in [-0.15, -0.1) is 0 Å². The van der Waals surface area contributed by atoms with Crippen LogP contribution in [0.15, 0.2) is 22.7 Å². The molecule has 3 nitrogen and oxygen atoms in total. The molecule has 1 aliphatic rings. The first-order chi connectivity index (χ1) is 8.09. The van der Waals surface area contributed by atoms with E-state index in [9.17, 15) is 14.0 Å². The van der Waals surface area contributed by atoms with Crippen molar-refractivity contribution in [2.24, 2.45) is 0 Å². The molecule has 1 heterocycles. The second-order valence-electron chi connectivity index (χ2n) is 3.97. The van der Waals surface area contributed by atoms with Crippen LogP contribution in [0.5, 0.6) is 0 Å². The summed E-state index contributed by atoms with van der Waals surface area (Å²) in [7, 11) is 0. The number of hydrogen-bond donors (Lipinski definition) is 0. The number of carbonyl (C=O) groups is 2. The highest BCUT2D eigenvalue weighted by atomic mass is 79.9. The summed E-state index contributed by atoms with van der Waals surface area (Å²) < 4.78 is 14.0. The summed E-state index contributed by atoms with van der Waals surface area (Å²) in [5, 5.41) is 0. The van der Waals surface area contributed by atoms with Crippen LogP contribution in [0.25, 0.3) is 0 Å². The molecule has 0 N–H and O–H groups in total. The Labute approximate surface area is 107 Å². The Balaban J connectivity index is 2.27. The number of piperidine rings is 1. The third kappa shape index (κ3) is 2.54. The van der Waals surface area contributed by atoms with Crippen molar-refractivity contribution in [3.05, 3.63) is 34.1 Å². The van der Waals surface area contributed by atoms with Gasteiger partial charge < -0.3 is 4.90 Å². The van der Waals surface area contributed by atoms with Gasteiger partial charge in [-0.3, -0.25) is 9.59 Å². The van der Waals surface area contributed by atoms with E-state index in [-0.39, 0.29) is 17.9 Å². The van der Waals surface area contributed by atoms with Crippen molar-refractivity contribution in [3.63, 3.8) is 0 Å². The summed E-state index contributed by atoms with van der Waals surface area (Å²) in [6, 6.07) is 4.38. The molecule has 0 aliphatic carbocycles. The molecular weight excluding hydrogens is 289 g/mol. The molecule has 5 heteroatoms.